The molecule has 0 atom stereocenters. The van der Waals surface area contributed by atoms with E-state index in [0.29, 0.717) is 31.1 Å². The van der Waals surface area contributed by atoms with Gasteiger partial charge in [-0.25, -0.2) is 0 Å². The second-order valence-electron chi connectivity index (χ2n) is 5.29. The summed E-state index contributed by atoms with van der Waals surface area (Å²) in [5, 5.41) is 8.53. The summed E-state index contributed by atoms with van der Waals surface area (Å²) in [6.45, 7) is 6.90. The fourth-order valence-electron chi connectivity index (χ4n) is 1.52. The van der Waals surface area contributed by atoms with Gasteiger partial charge in [-0.3, -0.25) is 4.79 Å². The van der Waals surface area contributed by atoms with Gasteiger partial charge in [-0.05, 0) is 24.3 Å². The molecule has 0 radical (unpaired) electrons. The third kappa shape index (κ3) is 5.41. The molecule has 19 heavy (non-hydrogen) atoms. The molecule has 0 unspecified atom stereocenters. The first kappa shape index (κ1) is 15.7. The van der Waals surface area contributed by atoms with E-state index in [1.165, 1.54) is 0 Å². The molecular formula is C15H22O4. The number of rotatable bonds is 7. The number of hydrogen-bond acceptors (Lipinski definition) is 4. The van der Waals surface area contributed by atoms with Crippen molar-refractivity contribution in [1.82, 2.24) is 0 Å². The van der Waals surface area contributed by atoms with Gasteiger partial charge in [0.05, 0.1) is 19.8 Å². The van der Waals surface area contributed by atoms with E-state index < -0.39 is 0 Å². The van der Waals surface area contributed by atoms with Crippen molar-refractivity contribution in [3.63, 3.8) is 0 Å². The van der Waals surface area contributed by atoms with Crippen LogP contribution in [-0.4, -0.2) is 37.3 Å². The molecule has 0 aromatic heterocycles. The third-order valence-corrected chi connectivity index (χ3v) is 2.53. The smallest absolute Gasteiger partial charge is 0.168 e. The number of Topliss-reactive ketones (excluding diaryl/α,β-unsaturated/α-hetero) is 1. The average molecular weight is 266 g/mol. The first-order valence-corrected chi connectivity index (χ1v) is 6.41. The van der Waals surface area contributed by atoms with Crippen LogP contribution in [0.15, 0.2) is 24.3 Å². The molecule has 0 aliphatic heterocycles. The van der Waals surface area contributed by atoms with Crippen LogP contribution in [0.5, 0.6) is 5.75 Å². The lowest BCUT2D eigenvalue weighted by atomic mass is 9.86. The van der Waals surface area contributed by atoms with Crippen LogP contribution in [0.3, 0.4) is 0 Å². The highest BCUT2D eigenvalue weighted by Gasteiger charge is 2.22. The Balaban J connectivity index is 2.46. The molecule has 1 aromatic rings. The van der Waals surface area contributed by atoms with Crippen molar-refractivity contribution in [2.24, 2.45) is 5.41 Å². The zero-order valence-electron chi connectivity index (χ0n) is 11.8. The summed E-state index contributed by atoms with van der Waals surface area (Å²) in [6.07, 6.45) is 0. The van der Waals surface area contributed by atoms with E-state index in [-0.39, 0.29) is 17.8 Å². The molecule has 0 saturated carbocycles. The van der Waals surface area contributed by atoms with Gasteiger partial charge in [-0.1, -0.05) is 20.8 Å². The highest BCUT2D eigenvalue weighted by Crippen LogP contribution is 2.22. The lowest BCUT2D eigenvalue weighted by molar-refractivity contribution is 0.0705. The largest absolute Gasteiger partial charge is 0.491 e. The Bertz CT molecular complexity index is 390. The summed E-state index contributed by atoms with van der Waals surface area (Å²) in [7, 11) is 0. The van der Waals surface area contributed by atoms with Gasteiger partial charge < -0.3 is 14.6 Å². The molecule has 1 aromatic carbocycles. The van der Waals surface area contributed by atoms with Crippen LogP contribution in [0.4, 0.5) is 0 Å². The molecular weight excluding hydrogens is 244 g/mol. The van der Waals surface area contributed by atoms with Crippen LogP contribution in [0.1, 0.15) is 31.1 Å². The van der Waals surface area contributed by atoms with Crippen LogP contribution in [0, 0.1) is 5.41 Å². The van der Waals surface area contributed by atoms with Crippen molar-refractivity contribution in [2.75, 3.05) is 26.4 Å². The van der Waals surface area contributed by atoms with Gasteiger partial charge in [0.2, 0.25) is 0 Å². The van der Waals surface area contributed by atoms with E-state index in [1.54, 1.807) is 24.3 Å². The Hall–Kier alpha value is -1.39. The van der Waals surface area contributed by atoms with Gasteiger partial charge >= 0.3 is 0 Å². The third-order valence-electron chi connectivity index (χ3n) is 2.53. The van der Waals surface area contributed by atoms with Gasteiger partial charge in [0, 0.05) is 11.0 Å². The summed E-state index contributed by atoms with van der Waals surface area (Å²) in [6, 6.07) is 7.12. The molecule has 0 amide bonds. The predicted octanol–water partition coefficient (Wildman–Crippen LogP) is 2.30. The first-order valence-electron chi connectivity index (χ1n) is 6.41. The monoisotopic (exact) mass is 266 g/mol. The summed E-state index contributed by atoms with van der Waals surface area (Å²) in [4.78, 5) is 12.0. The van der Waals surface area contributed by atoms with Crippen molar-refractivity contribution in [3.05, 3.63) is 29.8 Å². The van der Waals surface area contributed by atoms with Crippen LogP contribution >= 0.6 is 0 Å². The van der Waals surface area contributed by atoms with Crippen LogP contribution < -0.4 is 4.74 Å². The van der Waals surface area contributed by atoms with E-state index in [2.05, 4.69) is 0 Å². The molecule has 0 bridgehead atoms. The topological polar surface area (TPSA) is 55.8 Å². The Labute approximate surface area is 114 Å². The minimum absolute atomic E-state index is 0.0175. The highest BCUT2D eigenvalue weighted by atomic mass is 16.5. The minimum Gasteiger partial charge on any atom is -0.491 e. The number of ketones is 1. The number of carbonyl (C=O) groups is 1. The molecule has 0 aliphatic rings. The zero-order valence-corrected chi connectivity index (χ0v) is 11.8. The number of benzene rings is 1. The lowest BCUT2D eigenvalue weighted by Gasteiger charge is -2.16. The maximum atomic E-state index is 12.0. The molecule has 4 nitrogen and oxygen atoms in total. The van der Waals surface area contributed by atoms with Crippen LogP contribution in [0.25, 0.3) is 0 Å². The second-order valence-corrected chi connectivity index (χ2v) is 5.29. The van der Waals surface area contributed by atoms with Gasteiger partial charge in [0.1, 0.15) is 12.4 Å². The van der Waals surface area contributed by atoms with Crippen molar-refractivity contribution in [1.29, 1.82) is 0 Å². The molecule has 0 spiro atoms. The van der Waals surface area contributed by atoms with E-state index in [4.69, 9.17) is 14.6 Å². The Morgan fingerprint density at radius 3 is 2.26 bits per heavy atom. The molecule has 1 N–H and O–H groups in total. The molecule has 0 aliphatic carbocycles. The standard InChI is InChI=1S/C15H22O4/c1-15(2,3)14(17)12-4-6-13(7-5-12)19-11-10-18-9-8-16/h4-7,16H,8-11H2,1-3H3. The Morgan fingerprint density at radius 2 is 1.74 bits per heavy atom. The molecule has 4 heteroatoms. The van der Waals surface area contributed by atoms with Crippen molar-refractivity contribution >= 4 is 5.78 Å². The predicted molar refractivity (Wildman–Crippen MR) is 73.6 cm³/mol. The minimum atomic E-state index is -0.374. The summed E-state index contributed by atoms with van der Waals surface area (Å²) < 4.78 is 10.5. The molecule has 0 fully saturated rings. The van der Waals surface area contributed by atoms with Gasteiger partial charge in [0.25, 0.3) is 0 Å². The first-order chi connectivity index (χ1) is 8.95. The summed E-state index contributed by atoms with van der Waals surface area (Å²) >= 11 is 0. The van der Waals surface area contributed by atoms with E-state index in [0.717, 1.165) is 0 Å². The van der Waals surface area contributed by atoms with E-state index in [9.17, 15) is 4.79 Å². The van der Waals surface area contributed by atoms with Crippen molar-refractivity contribution in [3.8, 4) is 5.75 Å². The van der Waals surface area contributed by atoms with Crippen molar-refractivity contribution in [2.45, 2.75) is 20.8 Å². The lowest BCUT2D eigenvalue weighted by Crippen LogP contribution is -2.20. The summed E-state index contributed by atoms with van der Waals surface area (Å²) in [5.74, 6) is 0.823. The molecule has 0 heterocycles. The maximum absolute atomic E-state index is 12.0. The fraction of sp³-hybridized carbons (Fsp3) is 0.533. The van der Waals surface area contributed by atoms with E-state index in [1.807, 2.05) is 20.8 Å². The fourth-order valence-corrected chi connectivity index (χ4v) is 1.52. The number of carbonyl (C=O) groups excluding carboxylic acids is 1. The quantitative estimate of drug-likeness (QED) is 0.608. The Kier molecular flexibility index (Phi) is 5.99. The molecule has 1 rings (SSSR count). The van der Waals surface area contributed by atoms with Crippen LogP contribution in [0.2, 0.25) is 0 Å². The van der Waals surface area contributed by atoms with Gasteiger partial charge in [-0.15, -0.1) is 0 Å². The second kappa shape index (κ2) is 7.26. The summed E-state index contributed by atoms with van der Waals surface area (Å²) in [5.41, 5.74) is 0.317. The van der Waals surface area contributed by atoms with Gasteiger partial charge in [-0.2, -0.15) is 0 Å². The number of hydrogen-bond donors (Lipinski definition) is 1. The number of aliphatic hydroxyl groups is 1. The van der Waals surface area contributed by atoms with Crippen LogP contribution in [-0.2, 0) is 4.74 Å². The zero-order chi connectivity index (χ0) is 14.3. The number of ether oxygens (including phenoxy) is 2. The molecule has 0 saturated heterocycles. The van der Waals surface area contributed by atoms with Crippen molar-refractivity contribution < 1.29 is 19.4 Å². The number of aliphatic hydroxyl groups excluding tert-OH is 1. The Morgan fingerprint density at radius 1 is 1.11 bits per heavy atom. The normalized spacial score (nSPS) is 11.4. The maximum Gasteiger partial charge on any atom is 0.168 e. The SMILES string of the molecule is CC(C)(C)C(=O)c1ccc(OCCOCCO)cc1. The van der Waals surface area contributed by atoms with E-state index >= 15 is 0 Å². The average Bonchev–Trinajstić information content (AvgIpc) is 2.37. The van der Waals surface area contributed by atoms with Gasteiger partial charge in [0.15, 0.2) is 5.78 Å². The highest BCUT2D eigenvalue weighted by molar-refractivity contribution is 5.99. The molecule has 106 valence electrons.